The largest absolute Gasteiger partial charge is 0.456 e. The molecule has 0 atom stereocenters. The van der Waals surface area contributed by atoms with Gasteiger partial charge in [0.05, 0.1) is 38.8 Å². The molecule has 0 aliphatic heterocycles. The number of para-hydroxylation sites is 6. The molecule has 0 saturated heterocycles. The zero-order valence-corrected chi connectivity index (χ0v) is 34.2. The van der Waals surface area contributed by atoms with Gasteiger partial charge >= 0.3 is 0 Å². The normalized spacial score (nSPS) is 12.1. The van der Waals surface area contributed by atoms with Gasteiger partial charge in [0.1, 0.15) is 11.2 Å². The van der Waals surface area contributed by atoms with Crippen LogP contribution in [0, 0.1) is 0 Å². The van der Waals surface area contributed by atoms with Gasteiger partial charge in [0.25, 0.3) is 0 Å². The molecule has 14 rings (SSSR count). The van der Waals surface area contributed by atoms with E-state index in [1.165, 1.54) is 10.8 Å². The molecule has 14 aromatic rings. The first kappa shape index (κ1) is 34.9. The van der Waals surface area contributed by atoms with Crippen molar-refractivity contribution in [2.24, 2.45) is 0 Å². The second kappa shape index (κ2) is 13.3. The summed E-state index contributed by atoms with van der Waals surface area (Å²) >= 11 is 0. The predicted molar refractivity (Wildman–Crippen MR) is 261 cm³/mol. The van der Waals surface area contributed by atoms with E-state index in [-0.39, 0.29) is 0 Å². The first-order valence-electron chi connectivity index (χ1n) is 21.5. The molecule has 0 saturated carbocycles. The van der Waals surface area contributed by atoms with Gasteiger partial charge in [-0.2, -0.15) is 9.97 Å². The van der Waals surface area contributed by atoms with Crippen molar-refractivity contribution in [3.05, 3.63) is 206 Å². The number of furan rings is 1. The third kappa shape index (κ3) is 4.94. The molecule has 7 nitrogen and oxygen atoms in total. The average molecular weight is 819 g/mol. The zero-order chi connectivity index (χ0) is 41.9. The molecule has 5 heterocycles. The molecule has 0 aliphatic carbocycles. The van der Waals surface area contributed by atoms with Crippen LogP contribution < -0.4 is 0 Å². The highest BCUT2D eigenvalue weighted by Crippen LogP contribution is 2.46. The third-order valence-corrected chi connectivity index (χ3v) is 12.9. The van der Waals surface area contributed by atoms with E-state index in [1.807, 2.05) is 36.4 Å². The maximum Gasteiger partial charge on any atom is 0.238 e. The number of benzene rings is 9. The average Bonchev–Trinajstić information content (AvgIpc) is 4.10. The van der Waals surface area contributed by atoms with Gasteiger partial charge in [0.2, 0.25) is 5.95 Å². The zero-order valence-electron chi connectivity index (χ0n) is 34.2. The molecule has 0 N–H and O–H groups in total. The van der Waals surface area contributed by atoms with Crippen molar-refractivity contribution in [1.29, 1.82) is 0 Å². The Hall–Kier alpha value is -8.81. The molecular formula is C57H34N6O. The van der Waals surface area contributed by atoms with Gasteiger partial charge in [-0.25, -0.2) is 4.98 Å². The minimum absolute atomic E-state index is 0.530. The van der Waals surface area contributed by atoms with Crippen molar-refractivity contribution in [2.75, 3.05) is 0 Å². The Morgan fingerprint density at radius 1 is 0.328 bits per heavy atom. The smallest absolute Gasteiger partial charge is 0.238 e. The Morgan fingerprint density at radius 2 is 0.844 bits per heavy atom. The van der Waals surface area contributed by atoms with E-state index >= 15 is 0 Å². The summed E-state index contributed by atoms with van der Waals surface area (Å²) in [6, 6.07) is 72.6. The van der Waals surface area contributed by atoms with Crippen molar-refractivity contribution < 1.29 is 4.42 Å². The fourth-order valence-electron chi connectivity index (χ4n) is 10.2. The minimum atomic E-state index is 0.530. The van der Waals surface area contributed by atoms with Crippen LogP contribution in [0.1, 0.15) is 0 Å². The molecule has 0 spiro atoms. The van der Waals surface area contributed by atoms with Crippen molar-refractivity contribution in [3.8, 4) is 40.1 Å². The number of rotatable bonds is 5. The summed E-state index contributed by atoms with van der Waals surface area (Å²) < 4.78 is 13.5. The lowest BCUT2D eigenvalue weighted by atomic mass is 10.1. The molecule has 0 bridgehead atoms. The second-order valence-electron chi connectivity index (χ2n) is 16.4. The van der Waals surface area contributed by atoms with Crippen LogP contribution in [0.25, 0.3) is 127 Å². The van der Waals surface area contributed by atoms with Gasteiger partial charge in [-0.05, 0) is 60.7 Å². The van der Waals surface area contributed by atoms with Gasteiger partial charge in [-0.1, -0.05) is 146 Å². The molecule has 9 aromatic carbocycles. The van der Waals surface area contributed by atoms with E-state index in [2.05, 4.69) is 184 Å². The fourth-order valence-corrected chi connectivity index (χ4v) is 10.2. The van der Waals surface area contributed by atoms with E-state index in [1.54, 1.807) is 0 Å². The molecule has 0 aliphatic rings. The quantitative estimate of drug-likeness (QED) is 0.173. The van der Waals surface area contributed by atoms with Crippen LogP contribution in [0.15, 0.2) is 211 Å². The summed E-state index contributed by atoms with van der Waals surface area (Å²) in [5.74, 6) is 1.67. The van der Waals surface area contributed by atoms with Crippen molar-refractivity contribution >= 4 is 87.4 Å². The summed E-state index contributed by atoms with van der Waals surface area (Å²) in [5.41, 5.74) is 12.0. The molecular weight excluding hydrogens is 785 g/mol. The molecule has 0 unspecified atom stereocenters. The van der Waals surface area contributed by atoms with E-state index in [0.717, 1.165) is 99.1 Å². The van der Waals surface area contributed by atoms with Gasteiger partial charge in [-0.3, -0.25) is 4.57 Å². The number of fused-ring (bicyclic) bond motifs is 13. The summed E-state index contributed by atoms with van der Waals surface area (Å²) in [6.07, 6.45) is 0. The highest BCUT2D eigenvalue weighted by Gasteiger charge is 2.27. The molecule has 0 fully saturated rings. The van der Waals surface area contributed by atoms with Crippen molar-refractivity contribution in [2.45, 2.75) is 0 Å². The van der Waals surface area contributed by atoms with Crippen LogP contribution in [0.3, 0.4) is 0 Å². The summed E-state index contributed by atoms with van der Waals surface area (Å²) in [6.45, 7) is 0. The SMILES string of the molecule is c1ccc(-c2nc(-c3ccc4c(c3)oc3ccccc34)nc(-n3c4ccccc4c4cc(-n5c6ccccc6c6ccccc65)c5c(c6ccccc6n5-c5ccccc5)c43)n2)cc1. The molecule has 0 radical (unpaired) electrons. The topological polar surface area (TPSA) is 66.6 Å². The molecule has 0 amide bonds. The van der Waals surface area contributed by atoms with E-state index in [9.17, 15) is 0 Å². The lowest BCUT2D eigenvalue weighted by Crippen LogP contribution is -2.07. The molecule has 7 heteroatoms. The highest BCUT2D eigenvalue weighted by atomic mass is 16.3. The Bertz CT molecular complexity index is 4140. The Balaban J connectivity index is 1.16. The van der Waals surface area contributed by atoms with Crippen LogP contribution in [-0.4, -0.2) is 28.7 Å². The van der Waals surface area contributed by atoms with Crippen LogP contribution in [0.4, 0.5) is 0 Å². The van der Waals surface area contributed by atoms with Crippen LogP contribution in [0.2, 0.25) is 0 Å². The number of hydrogen-bond donors (Lipinski definition) is 0. The fraction of sp³-hybridized carbons (Fsp3) is 0. The number of aromatic nitrogens is 6. The maximum absolute atomic E-state index is 6.39. The highest BCUT2D eigenvalue weighted by molar-refractivity contribution is 6.28. The third-order valence-electron chi connectivity index (χ3n) is 12.9. The lowest BCUT2D eigenvalue weighted by Gasteiger charge is -2.16. The van der Waals surface area contributed by atoms with Crippen LogP contribution in [-0.2, 0) is 0 Å². The van der Waals surface area contributed by atoms with Gasteiger partial charge in [-0.15, -0.1) is 0 Å². The molecule has 298 valence electrons. The Labute approximate surface area is 365 Å². The van der Waals surface area contributed by atoms with Gasteiger partial charge in [0.15, 0.2) is 11.6 Å². The predicted octanol–water partition coefficient (Wildman–Crippen LogP) is 14.4. The monoisotopic (exact) mass is 818 g/mol. The van der Waals surface area contributed by atoms with Crippen molar-refractivity contribution in [3.63, 3.8) is 0 Å². The van der Waals surface area contributed by atoms with Gasteiger partial charge < -0.3 is 13.6 Å². The summed E-state index contributed by atoms with van der Waals surface area (Å²) in [4.78, 5) is 16.0. The second-order valence-corrected chi connectivity index (χ2v) is 16.4. The lowest BCUT2D eigenvalue weighted by molar-refractivity contribution is 0.669. The van der Waals surface area contributed by atoms with Gasteiger partial charge in [0, 0.05) is 59.9 Å². The molecule has 64 heavy (non-hydrogen) atoms. The van der Waals surface area contributed by atoms with Crippen LogP contribution in [0.5, 0.6) is 0 Å². The first-order valence-corrected chi connectivity index (χ1v) is 21.5. The first-order chi connectivity index (χ1) is 31.8. The molecule has 5 aromatic heterocycles. The van der Waals surface area contributed by atoms with E-state index < -0.39 is 0 Å². The van der Waals surface area contributed by atoms with E-state index in [4.69, 9.17) is 19.4 Å². The number of nitrogens with zero attached hydrogens (tertiary/aromatic N) is 6. The standard InChI is InChI=1S/C57H34N6O/c1-3-17-35(18-4-1)55-58-56(36-31-32-42-41-24-11-16-30-50(41)64-51(42)33-36)60-57(59-55)63-47-28-14-9-23-40(47)44-34-49(62-45-26-12-7-21-38(45)39-22-8-13-27-46(39)62)54-52(53(44)63)43-25-10-15-29-48(43)61(54)37-19-5-2-6-20-37/h1-34H. The van der Waals surface area contributed by atoms with E-state index in [0.29, 0.717) is 17.6 Å². The van der Waals surface area contributed by atoms with Crippen LogP contribution >= 0.6 is 0 Å². The maximum atomic E-state index is 6.39. The number of hydrogen-bond acceptors (Lipinski definition) is 4. The Morgan fingerprint density at radius 3 is 1.53 bits per heavy atom. The minimum Gasteiger partial charge on any atom is -0.456 e. The Kier molecular flexibility index (Phi) is 7.27. The summed E-state index contributed by atoms with van der Waals surface area (Å²) in [7, 11) is 0. The summed E-state index contributed by atoms with van der Waals surface area (Å²) in [5, 5.41) is 8.99. The van der Waals surface area contributed by atoms with Crippen molar-refractivity contribution in [1.82, 2.24) is 28.7 Å².